The third-order valence-electron chi connectivity index (χ3n) is 4.31. The summed E-state index contributed by atoms with van der Waals surface area (Å²) >= 11 is 0. The van der Waals surface area contributed by atoms with Crippen LogP contribution in [0.15, 0.2) is 35.4 Å². The molecular formula is C16H19N3O4S. The SMILES string of the molecule is O=C(Cn1cnc2ccccc2c1=O)NCC1CCS(=O)(=O)CC1. The van der Waals surface area contributed by atoms with Gasteiger partial charge in [0.25, 0.3) is 5.56 Å². The second kappa shape index (κ2) is 6.72. The molecule has 24 heavy (non-hydrogen) atoms. The van der Waals surface area contributed by atoms with Crippen molar-refractivity contribution in [2.24, 2.45) is 5.92 Å². The standard InChI is InChI=1S/C16H19N3O4S/c20-15(17-9-12-5-7-24(22,23)8-6-12)10-19-11-18-14-4-2-1-3-13(14)16(19)21/h1-4,11-12H,5-10H2,(H,17,20). The number of nitrogens with one attached hydrogen (secondary N) is 1. The molecule has 0 bridgehead atoms. The van der Waals surface area contributed by atoms with E-state index in [9.17, 15) is 18.0 Å². The second-order valence-corrected chi connectivity index (χ2v) is 8.40. The first-order chi connectivity index (χ1) is 11.4. The molecule has 0 atom stereocenters. The number of amides is 1. The molecule has 2 aromatic rings. The smallest absolute Gasteiger partial charge is 0.261 e. The maximum atomic E-state index is 12.3. The summed E-state index contributed by atoms with van der Waals surface area (Å²) in [4.78, 5) is 28.5. The highest BCUT2D eigenvalue weighted by Gasteiger charge is 2.23. The van der Waals surface area contributed by atoms with Gasteiger partial charge in [0.2, 0.25) is 5.91 Å². The quantitative estimate of drug-likeness (QED) is 0.858. The highest BCUT2D eigenvalue weighted by Crippen LogP contribution is 2.17. The van der Waals surface area contributed by atoms with Crippen molar-refractivity contribution in [2.75, 3.05) is 18.1 Å². The number of fused-ring (bicyclic) bond motifs is 1. The number of rotatable bonds is 4. The van der Waals surface area contributed by atoms with E-state index in [2.05, 4.69) is 10.3 Å². The lowest BCUT2D eigenvalue weighted by molar-refractivity contribution is -0.121. The molecule has 0 unspecified atom stereocenters. The molecule has 128 valence electrons. The van der Waals surface area contributed by atoms with Crippen LogP contribution in [0.25, 0.3) is 10.9 Å². The summed E-state index contributed by atoms with van der Waals surface area (Å²) in [5, 5.41) is 3.26. The van der Waals surface area contributed by atoms with Crippen molar-refractivity contribution >= 4 is 26.6 Å². The fraction of sp³-hybridized carbons (Fsp3) is 0.438. The minimum Gasteiger partial charge on any atom is -0.354 e. The molecule has 0 saturated carbocycles. The van der Waals surface area contributed by atoms with Crippen LogP contribution in [0.3, 0.4) is 0 Å². The lowest BCUT2D eigenvalue weighted by atomic mass is 10.0. The number of para-hydroxylation sites is 1. The van der Waals surface area contributed by atoms with Crippen LogP contribution in [-0.2, 0) is 21.2 Å². The van der Waals surface area contributed by atoms with Crippen molar-refractivity contribution in [3.05, 3.63) is 40.9 Å². The topological polar surface area (TPSA) is 98.1 Å². The molecule has 0 spiro atoms. The summed E-state index contributed by atoms with van der Waals surface area (Å²) < 4.78 is 24.1. The van der Waals surface area contributed by atoms with Gasteiger partial charge < -0.3 is 5.32 Å². The van der Waals surface area contributed by atoms with Gasteiger partial charge in [0.1, 0.15) is 16.4 Å². The number of hydrogen-bond donors (Lipinski definition) is 1. The predicted molar refractivity (Wildman–Crippen MR) is 90.4 cm³/mol. The zero-order valence-electron chi connectivity index (χ0n) is 13.1. The largest absolute Gasteiger partial charge is 0.354 e. The van der Waals surface area contributed by atoms with Gasteiger partial charge in [0.05, 0.1) is 28.7 Å². The Morgan fingerprint density at radius 2 is 1.96 bits per heavy atom. The summed E-state index contributed by atoms with van der Waals surface area (Å²) in [6, 6.07) is 6.99. The molecule has 1 amide bonds. The number of nitrogens with zero attached hydrogens (tertiary/aromatic N) is 2. The van der Waals surface area contributed by atoms with E-state index in [0.29, 0.717) is 30.3 Å². The zero-order chi connectivity index (χ0) is 17.2. The molecule has 1 saturated heterocycles. The molecule has 3 rings (SSSR count). The summed E-state index contributed by atoms with van der Waals surface area (Å²) in [5.41, 5.74) is 0.349. The number of aromatic nitrogens is 2. The molecule has 1 aromatic carbocycles. The van der Waals surface area contributed by atoms with Crippen LogP contribution in [0.5, 0.6) is 0 Å². The first kappa shape index (κ1) is 16.6. The van der Waals surface area contributed by atoms with Crippen LogP contribution in [0.2, 0.25) is 0 Å². The molecule has 8 heteroatoms. The summed E-state index contributed by atoms with van der Waals surface area (Å²) in [6.45, 7) is 0.339. The molecule has 1 aromatic heterocycles. The fourth-order valence-corrected chi connectivity index (χ4v) is 4.42. The van der Waals surface area contributed by atoms with Gasteiger partial charge in [-0.25, -0.2) is 13.4 Å². The van der Waals surface area contributed by atoms with Gasteiger partial charge in [-0.3, -0.25) is 14.2 Å². The van der Waals surface area contributed by atoms with Crippen LogP contribution in [0, 0.1) is 5.92 Å². The first-order valence-corrected chi connectivity index (χ1v) is 9.68. The normalized spacial score (nSPS) is 17.7. The Balaban J connectivity index is 1.59. The Morgan fingerprint density at radius 3 is 2.71 bits per heavy atom. The van der Waals surface area contributed by atoms with E-state index in [1.165, 1.54) is 10.9 Å². The minimum atomic E-state index is -2.90. The van der Waals surface area contributed by atoms with Crippen molar-refractivity contribution < 1.29 is 13.2 Å². The number of carbonyl (C=O) groups excluding carboxylic acids is 1. The maximum Gasteiger partial charge on any atom is 0.261 e. The van der Waals surface area contributed by atoms with Gasteiger partial charge >= 0.3 is 0 Å². The second-order valence-electron chi connectivity index (χ2n) is 6.09. The van der Waals surface area contributed by atoms with Crippen molar-refractivity contribution in [3.8, 4) is 0 Å². The molecule has 0 radical (unpaired) electrons. The van der Waals surface area contributed by atoms with Gasteiger partial charge in [-0.2, -0.15) is 0 Å². The first-order valence-electron chi connectivity index (χ1n) is 7.86. The van der Waals surface area contributed by atoms with Gasteiger partial charge in [0, 0.05) is 6.54 Å². The van der Waals surface area contributed by atoms with E-state index < -0.39 is 9.84 Å². The minimum absolute atomic E-state index is 0.0955. The predicted octanol–water partition coefficient (Wildman–Crippen LogP) is 0.337. The number of carbonyl (C=O) groups is 1. The Kier molecular flexibility index (Phi) is 4.66. The van der Waals surface area contributed by atoms with Crippen LogP contribution in [0.4, 0.5) is 0 Å². The average molecular weight is 349 g/mol. The number of hydrogen-bond acceptors (Lipinski definition) is 5. The molecule has 1 fully saturated rings. The third kappa shape index (κ3) is 3.81. The Morgan fingerprint density at radius 1 is 1.25 bits per heavy atom. The van der Waals surface area contributed by atoms with Crippen LogP contribution >= 0.6 is 0 Å². The molecule has 2 heterocycles. The van der Waals surface area contributed by atoms with Crippen LogP contribution < -0.4 is 10.9 Å². The highest BCUT2D eigenvalue weighted by atomic mass is 32.2. The van der Waals surface area contributed by atoms with E-state index in [4.69, 9.17) is 0 Å². The molecule has 1 aliphatic heterocycles. The fourth-order valence-electron chi connectivity index (χ4n) is 2.83. The van der Waals surface area contributed by atoms with Crippen molar-refractivity contribution in [3.63, 3.8) is 0 Å². The van der Waals surface area contributed by atoms with Gasteiger partial charge in [0.15, 0.2) is 0 Å². The Hall–Kier alpha value is -2.22. The van der Waals surface area contributed by atoms with Gasteiger partial charge in [-0.1, -0.05) is 12.1 Å². The zero-order valence-corrected chi connectivity index (χ0v) is 14.0. The van der Waals surface area contributed by atoms with Crippen molar-refractivity contribution in [1.82, 2.24) is 14.9 Å². The number of benzene rings is 1. The highest BCUT2D eigenvalue weighted by molar-refractivity contribution is 7.91. The van der Waals surface area contributed by atoms with Gasteiger partial charge in [-0.15, -0.1) is 0 Å². The van der Waals surface area contributed by atoms with E-state index in [1.807, 2.05) is 0 Å². The maximum absolute atomic E-state index is 12.3. The van der Waals surface area contributed by atoms with E-state index in [0.717, 1.165) is 0 Å². The van der Waals surface area contributed by atoms with E-state index >= 15 is 0 Å². The Bertz CT molecular complexity index is 906. The number of sulfone groups is 1. The molecular weight excluding hydrogens is 330 g/mol. The van der Waals surface area contributed by atoms with Crippen LogP contribution in [0.1, 0.15) is 12.8 Å². The van der Waals surface area contributed by atoms with Crippen molar-refractivity contribution in [2.45, 2.75) is 19.4 Å². The summed E-state index contributed by atoms with van der Waals surface area (Å²) in [5.74, 6) is 0.259. The summed E-state index contributed by atoms with van der Waals surface area (Å²) in [6.07, 6.45) is 2.51. The molecule has 7 nitrogen and oxygen atoms in total. The molecule has 1 N–H and O–H groups in total. The lowest BCUT2D eigenvalue weighted by Gasteiger charge is -2.22. The van der Waals surface area contributed by atoms with E-state index in [1.54, 1.807) is 24.3 Å². The van der Waals surface area contributed by atoms with Crippen molar-refractivity contribution in [1.29, 1.82) is 0 Å². The van der Waals surface area contributed by atoms with E-state index in [-0.39, 0.29) is 35.4 Å². The van der Waals surface area contributed by atoms with Crippen LogP contribution in [-0.4, -0.2) is 41.9 Å². The average Bonchev–Trinajstić information content (AvgIpc) is 2.57. The van der Waals surface area contributed by atoms with Gasteiger partial charge in [-0.05, 0) is 30.9 Å². The molecule has 0 aliphatic carbocycles. The monoisotopic (exact) mass is 349 g/mol. The third-order valence-corrected chi connectivity index (χ3v) is 6.02. The lowest BCUT2D eigenvalue weighted by Crippen LogP contribution is -2.37. The Labute approximate surface area is 139 Å². The summed E-state index contributed by atoms with van der Waals surface area (Å²) in [7, 11) is -2.90. The molecule has 1 aliphatic rings.